The van der Waals surface area contributed by atoms with Crippen molar-refractivity contribution < 1.29 is 0 Å². The summed E-state index contributed by atoms with van der Waals surface area (Å²) < 4.78 is 0. The molecule has 1 aromatic carbocycles. The molecule has 0 aliphatic carbocycles. The molecular formula is C13H18N2. The van der Waals surface area contributed by atoms with E-state index in [0.717, 1.165) is 12.5 Å². The molecule has 0 spiro atoms. The fraction of sp³-hybridized carbons (Fsp3) is 0.538. The maximum Gasteiger partial charge on any atom is 0.0417 e. The molecule has 2 unspecified atom stereocenters. The van der Waals surface area contributed by atoms with Gasteiger partial charge < -0.3 is 10.6 Å². The lowest BCUT2D eigenvalue weighted by Gasteiger charge is -2.38. The third kappa shape index (κ3) is 1.63. The van der Waals surface area contributed by atoms with E-state index in [4.69, 9.17) is 0 Å². The first-order chi connectivity index (χ1) is 7.33. The monoisotopic (exact) mass is 202 g/mol. The maximum atomic E-state index is 3.68. The Morgan fingerprint density at radius 1 is 1.33 bits per heavy atom. The van der Waals surface area contributed by atoms with E-state index in [1.165, 1.54) is 36.2 Å². The molecule has 2 N–H and O–H groups in total. The number of nitrogens with one attached hydrogen (secondary N) is 2. The Morgan fingerprint density at radius 3 is 3.20 bits per heavy atom. The van der Waals surface area contributed by atoms with Gasteiger partial charge in [0.1, 0.15) is 0 Å². The summed E-state index contributed by atoms with van der Waals surface area (Å²) in [5.41, 5.74) is 4.21. The quantitative estimate of drug-likeness (QED) is 0.672. The van der Waals surface area contributed by atoms with Crippen molar-refractivity contribution in [1.29, 1.82) is 0 Å². The van der Waals surface area contributed by atoms with E-state index in [-0.39, 0.29) is 0 Å². The highest BCUT2D eigenvalue weighted by Crippen LogP contribution is 2.31. The number of benzene rings is 1. The smallest absolute Gasteiger partial charge is 0.0417 e. The predicted molar refractivity (Wildman–Crippen MR) is 63.3 cm³/mol. The number of hydrogen-bond donors (Lipinski definition) is 2. The Balaban J connectivity index is 1.92. The van der Waals surface area contributed by atoms with Crippen LogP contribution in [-0.4, -0.2) is 19.1 Å². The standard InChI is InChI=1S/C13H18N2/c1-9-2-3-10-7-11-4-5-14-8-13(11)15-12(10)6-9/h2-3,6,11,13-15H,4-5,7-8H2,1H3. The molecule has 0 aromatic heterocycles. The molecular weight excluding hydrogens is 184 g/mol. The average molecular weight is 202 g/mol. The molecule has 0 saturated carbocycles. The zero-order valence-electron chi connectivity index (χ0n) is 9.22. The molecule has 2 nitrogen and oxygen atoms in total. The molecule has 1 fully saturated rings. The van der Waals surface area contributed by atoms with Crippen molar-refractivity contribution in [2.75, 3.05) is 18.4 Å². The summed E-state index contributed by atoms with van der Waals surface area (Å²) in [5, 5.41) is 7.14. The third-order valence-electron chi connectivity index (χ3n) is 3.71. The topological polar surface area (TPSA) is 24.1 Å². The van der Waals surface area contributed by atoms with E-state index < -0.39 is 0 Å². The molecule has 2 heteroatoms. The Bertz CT molecular complexity index is 373. The van der Waals surface area contributed by atoms with Crippen LogP contribution in [0.2, 0.25) is 0 Å². The summed E-state index contributed by atoms with van der Waals surface area (Å²) in [7, 11) is 0. The van der Waals surface area contributed by atoms with E-state index in [2.05, 4.69) is 35.8 Å². The van der Waals surface area contributed by atoms with Gasteiger partial charge in [-0.2, -0.15) is 0 Å². The highest BCUT2D eigenvalue weighted by atomic mass is 15.0. The van der Waals surface area contributed by atoms with E-state index in [9.17, 15) is 0 Å². The summed E-state index contributed by atoms with van der Waals surface area (Å²) in [4.78, 5) is 0. The van der Waals surface area contributed by atoms with Crippen molar-refractivity contribution in [1.82, 2.24) is 5.32 Å². The molecule has 2 heterocycles. The Labute approximate surface area is 91.1 Å². The minimum Gasteiger partial charge on any atom is -0.381 e. The van der Waals surface area contributed by atoms with Crippen molar-refractivity contribution in [3.8, 4) is 0 Å². The molecule has 2 aliphatic heterocycles. The van der Waals surface area contributed by atoms with Crippen molar-refractivity contribution in [2.45, 2.75) is 25.8 Å². The molecule has 0 amide bonds. The highest BCUT2D eigenvalue weighted by Gasteiger charge is 2.29. The van der Waals surface area contributed by atoms with Gasteiger partial charge >= 0.3 is 0 Å². The Morgan fingerprint density at radius 2 is 2.27 bits per heavy atom. The number of aryl methyl sites for hydroxylation is 1. The minimum atomic E-state index is 0.646. The van der Waals surface area contributed by atoms with Gasteiger partial charge in [-0.3, -0.25) is 0 Å². The van der Waals surface area contributed by atoms with Gasteiger partial charge in [-0.1, -0.05) is 12.1 Å². The molecule has 2 atom stereocenters. The van der Waals surface area contributed by atoms with Crippen molar-refractivity contribution in [3.63, 3.8) is 0 Å². The van der Waals surface area contributed by atoms with E-state index >= 15 is 0 Å². The van der Waals surface area contributed by atoms with Crippen LogP contribution in [0.3, 0.4) is 0 Å². The maximum absolute atomic E-state index is 3.68. The molecule has 0 radical (unpaired) electrons. The average Bonchev–Trinajstić information content (AvgIpc) is 2.26. The number of piperidine rings is 1. The van der Waals surface area contributed by atoms with Gasteiger partial charge in [0, 0.05) is 18.3 Å². The first-order valence-electron chi connectivity index (χ1n) is 5.90. The predicted octanol–water partition coefficient (Wildman–Crippen LogP) is 1.94. The summed E-state index contributed by atoms with van der Waals surface area (Å²) in [5.74, 6) is 0.835. The lowest BCUT2D eigenvalue weighted by atomic mass is 9.83. The lowest BCUT2D eigenvalue weighted by Crippen LogP contribution is -2.48. The molecule has 2 aliphatic rings. The van der Waals surface area contributed by atoms with E-state index in [1.807, 2.05) is 0 Å². The fourth-order valence-electron chi connectivity index (χ4n) is 2.81. The summed E-state index contributed by atoms with van der Waals surface area (Å²) >= 11 is 0. The summed E-state index contributed by atoms with van der Waals surface area (Å²) in [6.45, 7) is 4.47. The summed E-state index contributed by atoms with van der Waals surface area (Å²) in [6.07, 6.45) is 2.57. The third-order valence-corrected chi connectivity index (χ3v) is 3.71. The van der Waals surface area contributed by atoms with Crippen LogP contribution in [0.15, 0.2) is 18.2 Å². The second kappa shape index (κ2) is 3.53. The zero-order valence-corrected chi connectivity index (χ0v) is 9.22. The SMILES string of the molecule is Cc1ccc2c(c1)NC1CNCCC1C2. The second-order valence-electron chi connectivity index (χ2n) is 4.87. The van der Waals surface area contributed by atoms with Gasteiger partial charge in [-0.15, -0.1) is 0 Å². The van der Waals surface area contributed by atoms with Gasteiger partial charge in [-0.05, 0) is 49.4 Å². The van der Waals surface area contributed by atoms with Gasteiger partial charge in [0.05, 0.1) is 0 Å². The van der Waals surface area contributed by atoms with Crippen LogP contribution in [0.5, 0.6) is 0 Å². The van der Waals surface area contributed by atoms with E-state index in [1.54, 1.807) is 0 Å². The number of hydrogen-bond acceptors (Lipinski definition) is 2. The van der Waals surface area contributed by atoms with Gasteiger partial charge in [0.2, 0.25) is 0 Å². The number of fused-ring (bicyclic) bond motifs is 2. The molecule has 15 heavy (non-hydrogen) atoms. The Hall–Kier alpha value is -1.02. The van der Waals surface area contributed by atoms with E-state index in [0.29, 0.717) is 6.04 Å². The first kappa shape index (κ1) is 9.22. The normalized spacial score (nSPS) is 28.9. The Kier molecular flexibility index (Phi) is 2.17. The molecule has 1 aromatic rings. The highest BCUT2D eigenvalue weighted by molar-refractivity contribution is 5.56. The second-order valence-corrected chi connectivity index (χ2v) is 4.87. The van der Waals surface area contributed by atoms with Gasteiger partial charge in [0.25, 0.3) is 0 Å². The van der Waals surface area contributed by atoms with Crippen LogP contribution < -0.4 is 10.6 Å². The molecule has 80 valence electrons. The minimum absolute atomic E-state index is 0.646. The molecule has 0 bridgehead atoms. The van der Waals surface area contributed by atoms with Crippen LogP contribution in [0.25, 0.3) is 0 Å². The van der Waals surface area contributed by atoms with Gasteiger partial charge in [0.15, 0.2) is 0 Å². The lowest BCUT2D eigenvalue weighted by molar-refractivity contribution is 0.331. The summed E-state index contributed by atoms with van der Waals surface area (Å²) in [6, 6.07) is 7.44. The van der Waals surface area contributed by atoms with Crippen LogP contribution >= 0.6 is 0 Å². The van der Waals surface area contributed by atoms with Crippen LogP contribution in [0, 0.1) is 12.8 Å². The van der Waals surface area contributed by atoms with Crippen LogP contribution in [0.1, 0.15) is 17.5 Å². The zero-order chi connectivity index (χ0) is 10.3. The van der Waals surface area contributed by atoms with Crippen molar-refractivity contribution in [2.24, 2.45) is 5.92 Å². The number of anilines is 1. The largest absolute Gasteiger partial charge is 0.381 e. The number of rotatable bonds is 0. The van der Waals surface area contributed by atoms with Crippen LogP contribution in [0.4, 0.5) is 5.69 Å². The van der Waals surface area contributed by atoms with Gasteiger partial charge in [-0.25, -0.2) is 0 Å². The fourth-order valence-corrected chi connectivity index (χ4v) is 2.81. The molecule has 1 saturated heterocycles. The van der Waals surface area contributed by atoms with Crippen molar-refractivity contribution >= 4 is 5.69 Å². The molecule has 3 rings (SSSR count). The van der Waals surface area contributed by atoms with Crippen molar-refractivity contribution in [3.05, 3.63) is 29.3 Å². The first-order valence-corrected chi connectivity index (χ1v) is 5.90. The van der Waals surface area contributed by atoms with Crippen LogP contribution in [-0.2, 0) is 6.42 Å².